The minimum absolute atomic E-state index is 0.134. The van der Waals surface area contributed by atoms with Gasteiger partial charge in [0.25, 0.3) is 0 Å². The van der Waals surface area contributed by atoms with E-state index in [0.717, 1.165) is 15.4 Å². The third-order valence-electron chi connectivity index (χ3n) is 2.71. The molecule has 0 bridgehead atoms. The highest BCUT2D eigenvalue weighted by atomic mass is 79.9. The van der Waals surface area contributed by atoms with Crippen molar-refractivity contribution in [2.24, 2.45) is 0 Å². The molecule has 1 heterocycles. The Kier molecular flexibility index (Phi) is 4.14. The molecule has 18 heavy (non-hydrogen) atoms. The zero-order valence-corrected chi connectivity index (χ0v) is 12.0. The summed E-state index contributed by atoms with van der Waals surface area (Å²) in [7, 11) is 0. The van der Waals surface area contributed by atoms with Gasteiger partial charge in [-0.2, -0.15) is 0 Å². The SMILES string of the molecule is Cc1cc(C(O)Cc2sccc2Br)c(F)cc1F. The molecule has 0 aliphatic rings. The lowest BCUT2D eigenvalue weighted by Crippen LogP contribution is -2.05. The molecule has 5 heteroatoms. The highest BCUT2D eigenvalue weighted by molar-refractivity contribution is 9.10. The van der Waals surface area contributed by atoms with Gasteiger partial charge in [-0.3, -0.25) is 0 Å². The van der Waals surface area contributed by atoms with Gasteiger partial charge >= 0.3 is 0 Å². The fraction of sp³-hybridized carbons (Fsp3) is 0.231. The zero-order valence-electron chi connectivity index (χ0n) is 9.58. The number of aliphatic hydroxyl groups excluding tert-OH is 1. The minimum atomic E-state index is -0.973. The summed E-state index contributed by atoms with van der Waals surface area (Å²) in [6.07, 6.45) is -0.667. The lowest BCUT2D eigenvalue weighted by Gasteiger charge is -2.12. The van der Waals surface area contributed by atoms with Crippen LogP contribution in [0.25, 0.3) is 0 Å². The van der Waals surface area contributed by atoms with E-state index in [1.807, 2.05) is 11.4 Å². The fourth-order valence-electron chi connectivity index (χ4n) is 1.69. The zero-order chi connectivity index (χ0) is 13.3. The number of hydrogen-bond acceptors (Lipinski definition) is 2. The van der Waals surface area contributed by atoms with Crippen molar-refractivity contribution >= 4 is 27.3 Å². The number of halogens is 3. The highest BCUT2D eigenvalue weighted by Gasteiger charge is 2.17. The Balaban J connectivity index is 2.26. The largest absolute Gasteiger partial charge is 0.388 e. The molecule has 1 atom stereocenters. The maximum absolute atomic E-state index is 13.6. The Morgan fingerprint density at radius 2 is 2.06 bits per heavy atom. The third-order valence-corrected chi connectivity index (χ3v) is 4.66. The van der Waals surface area contributed by atoms with Gasteiger partial charge in [0.1, 0.15) is 11.6 Å². The maximum atomic E-state index is 13.6. The molecule has 2 rings (SSSR count). The first kappa shape index (κ1) is 13.6. The van der Waals surface area contributed by atoms with E-state index >= 15 is 0 Å². The van der Waals surface area contributed by atoms with Crippen molar-refractivity contribution in [2.45, 2.75) is 19.4 Å². The molecular weight excluding hydrogens is 322 g/mol. The van der Waals surface area contributed by atoms with Crippen molar-refractivity contribution in [3.63, 3.8) is 0 Å². The topological polar surface area (TPSA) is 20.2 Å². The van der Waals surface area contributed by atoms with Crippen molar-refractivity contribution < 1.29 is 13.9 Å². The summed E-state index contributed by atoms with van der Waals surface area (Å²) >= 11 is 4.84. The molecule has 0 radical (unpaired) electrons. The van der Waals surface area contributed by atoms with Gasteiger partial charge in [-0.05, 0) is 45.9 Å². The molecule has 0 saturated carbocycles. The molecule has 1 aromatic carbocycles. The molecular formula is C13H11BrF2OS. The number of aliphatic hydroxyl groups is 1. The predicted octanol–water partition coefficient (Wildman–Crippen LogP) is 4.37. The van der Waals surface area contributed by atoms with Crippen molar-refractivity contribution in [3.8, 4) is 0 Å². The second-order valence-electron chi connectivity index (χ2n) is 4.03. The van der Waals surface area contributed by atoms with Crippen molar-refractivity contribution in [1.82, 2.24) is 0 Å². The summed E-state index contributed by atoms with van der Waals surface area (Å²) in [4.78, 5) is 0.934. The lowest BCUT2D eigenvalue weighted by molar-refractivity contribution is 0.174. The average Bonchev–Trinajstić information content (AvgIpc) is 2.69. The molecule has 0 saturated heterocycles. The lowest BCUT2D eigenvalue weighted by atomic mass is 10.0. The molecule has 0 aliphatic carbocycles. The first-order chi connectivity index (χ1) is 8.49. The predicted molar refractivity (Wildman–Crippen MR) is 71.8 cm³/mol. The van der Waals surface area contributed by atoms with Gasteiger partial charge in [-0.15, -0.1) is 11.3 Å². The quantitative estimate of drug-likeness (QED) is 0.884. The van der Waals surface area contributed by atoms with Gasteiger partial charge < -0.3 is 5.11 Å². The summed E-state index contributed by atoms with van der Waals surface area (Å²) in [5.41, 5.74) is 0.463. The summed E-state index contributed by atoms with van der Waals surface area (Å²) < 4.78 is 27.6. The Bertz CT molecular complexity index is 568. The Labute approximate surface area is 116 Å². The number of benzene rings is 1. The standard InChI is InChI=1S/C13H11BrF2OS/c1-7-4-8(11(16)5-10(7)15)12(17)6-13-9(14)2-3-18-13/h2-5,12,17H,6H2,1H3. The summed E-state index contributed by atoms with van der Waals surface area (Å²) in [6.45, 7) is 1.55. The van der Waals surface area contributed by atoms with Crippen LogP contribution in [0.4, 0.5) is 8.78 Å². The molecule has 96 valence electrons. The van der Waals surface area contributed by atoms with Gasteiger partial charge in [0.15, 0.2) is 0 Å². The van der Waals surface area contributed by atoms with Gasteiger partial charge in [0.2, 0.25) is 0 Å². The van der Waals surface area contributed by atoms with E-state index in [9.17, 15) is 13.9 Å². The fourth-order valence-corrected chi connectivity index (χ4v) is 3.24. The second-order valence-corrected chi connectivity index (χ2v) is 5.89. The van der Waals surface area contributed by atoms with Crippen LogP contribution in [0.1, 0.15) is 22.1 Å². The van der Waals surface area contributed by atoms with Crippen LogP contribution in [0, 0.1) is 18.6 Å². The van der Waals surface area contributed by atoms with E-state index in [1.165, 1.54) is 17.4 Å². The number of hydrogen-bond donors (Lipinski definition) is 1. The first-order valence-electron chi connectivity index (χ1n) is 5.34. The van der Waals surface area contributed by atoms with Gasteiger partial charge in [-0.25, -0.2) is 8.78 Å². The van der Waals surface area contributed by atoms with Crippen LogP contribution in [0.3, 0.4) is 0 Å². The first-order valence-corrected chi connectivity index (χ1v) is 7.01. The van der Waals surface area contributed by atoms with Crippen molar-refractivity contribution in [1.29, 1.82) is 0 Å². The van der Waals surface area contributed by atoms with Crippen LogP contribution in [-0.2, 0) is 6.42 Å². The summed E-state index contributed by atoms with van der Waals surface area (Å²) in [6, 6.07) is 4.05. The van der Waals surface area contributed by atoms with Crippen LogP contribution >= 0.6 is 27.3 Å². The molecule has 1 nitrogen and oxygen atoms in total. The molecule has 0 fully saturated rings. The Morgan fingerprint density at radius 1 is 1.33 bits per heavy atom. The molecule has 1 aromatic heterocycles. The van der Waals surface area contributed by atoms with Crippen LogP contribution in [0.2, 0.25) is 0 Å². The van der Waals surface area contributed by atoms with Gasteiger partial charge in [0, 0.05) is 27.4 Å². The van der Waals surface area contributed by atoms with Crippen LogP contribution in [-0.4, -0.2) is 5.11 Å². The average molecular weight is 333 g/mol. The number of aryl methyl sites for hydroxylation is 1. The van der Waals surface area contributed by atoms with E-state index in [2.05, 4.69) is 15.9 Å². The highest BCUT2D eigenvalue weighted by Crippen LogP contribution is 2.29. The smallest absolute Gasteiger partial charge is 0.131 e. The molecule has 2 aromatic rings. The number of thiophene rings is 1. The Hall–Kier alpha value is -0.780. The molecule has 0 spiro atoms. The summed E-state index contributed by atoms with van der Waals surface area (Å²) in [5.74, 6) is -1.31. The van der Waals surface area contributed by atoms with E-state index in [0.29, 0.717) is 12.0 Å². The van der Waals surface area contributed by atoms with E-state index in [4.69, 9.17) is 0 Å². The van der Waals surface area contributed by atoms with Crippen molar-refractivity contribution in [2.75, 3.05) is 0 Å². The maximum Gasteiger partial charge on any atom is 0.131 e. The summed E-state index contributed by atoms with van der Waals surface area (Å²) in [5, 5.41) is 11.9. The van der Waals surface area contributed by atoms with Crippen LogP contribution in [0.15, 0.2) is 28.1 Å². The van der Waals surface area contributed by atoms with Crippen LogP contribution < -0.4 is 0 Å². The van der Waals surface area contributed by atoms with Gasteiger partial charge in [-0.1, -0.05) is 0 Å². The second kappa shape index (κ2) is 5.47. The van der Waals surface area contributed by atoms with E-state index in [-0.39, 0.29) is 5.56 Å². The monoisotopic (exact) mass is 332 g/mol. The minimum Gasteiger partial charge on any atom is -0.388 e. The van der Waals surface area contributed by atoms with Gasteiger partial charge in [0.05, 0.1) is 6.10 Å². The number of rotatable bonds is 3. The molecule has 0 aliphatic heterocycles. The van der Waals surface area contributed by atoms with E-state index < -0.39 is 17.7 Å². The van der Waals surface area contributed by atoms with Crippen LogP contribution in [0.5, 0.6) is 0 Å². The normalized spacial score (nSPS) is 12.7. The Morgan fingerprint density at radius 3 is 2.67 bits per heavy atom. The van der Waals surface area contributed by atoms with E-state index in [1.54, 1.807) is 6.92 Å². The molecule has 1 unspecified atom stereocenters. The molecule has 1 N–H and O–H groups in total. The molecule has 0 amide bonds. The van der Waals surface area contributed by atoms with Crippen molar-refractivity contribution in [3.05, 3.63) is 55.7 Å². The third kappa shape index (κ3) is 2.79.